The molecule has 0 aliphatic carbocycles. The largest absolute Gasteiger partial charge is 0.490 e. The molecule has 1 N–H and O–H groups in total. The SMILES string of the molecule is Cc1cccc([N+](=O)[O-])c1NCc1cccc2c1OCCCO2. The Balaban J connectivity index is 1.86. The molecule has 0 unspecified atom stereocenters. The summed E-state index contributed by atoms with van der Waals surface area (Å²) in [6.07, 6.45) is 0.838. The van der Waals surface area contributed by atoms with E-state index in [0.29, 0.717) is 31.2 Å². The van der Waals surface area contributed by atoms with Gasteiger partial charge in [-0.2, -0.15) is 0 Å². The Morgan fingerprint density at radius 1 is 1.17 bits per heavy atom. The van der Waals surface area contributed by atoms with Gasteiger partial charge in [-0.05, 0) is 18.6 Å². The number of nitrogens with zero attached hydrogens (tertiary/aromatic N) is 1. The van der Waals surface area contributed by atoms with Crippen molar-refractivity contribution < 1.29 is 14.4 Å². The first kappa shape index (κ1) is 15.1. The first-order valence-electron chi connectivity index (χ1n) is 7.52. The van der Waals surface area contributed by atoms with Crippen molar-refractivity contribution in [2.24, 2.45) is 0 Å². The van der Waals surface area contributed by atoms with Crippen LogP contribution in [0.4, 0.5) is 11.4 Å². The predicted octanol–water partition coefficient (Wildman–Crippen LogP) is 3.68. The van der Waals surface area contributed by atoms with Gasteiger partial charge < -0.3 is 14.8 Å². The molecule has 0 atom stereocenters. The van der Waals surface area contributed by atoms with Crippen LogP contribution >= 0.6 is 0 Å². The van der Waals surface area contributed by atoms with Crippen LogP contribution in [0.25, 0.3) is 0 Å². The van der Waals surface area contributed by atoms with Crippen LogP contribution in [-0.2, 0) is 6.54 Å². The Kier molecular flexibility index (Phi) is 4.32. The van der Waals surface area contributed by atoms with E-state index in [1.165, 1.54) is 6.07 Å². The maximum Gasteiger partial charge on any atom is 0.292 e. The highest BCUT2D eigenvalue weighted by Gasteiger charge is 2.18. The van der Waals surface area contributed by atoms with Gasteiger partial charge >= 0.3 is 0 Å². The minimum absolute atomic E-state index is 0.0733. The number of hydrogen-bond donors (Lipinski definition) is 1. The average Bonchev–Trinajstić information content (AvgIpc) is 2.79. The molecule has 120 valence electrons. The lowest BCUT2D eigenvalue weighted by molar-refractivity contribution is -0.384. The molecule has 3 rings (SSSR count). The number of fused-ring (bicyclic) bond motifs is 1. The lowest BCUT2D eigenvalue weighted by atomic mass is 10.1. The highest BCUT2D eigenvalue weighted by Crippen LogP contribution is 2.35. The first-order chi connectivity index (χ1) is 11.2. The van der Waals surface area contributed by atoms with E-state index in [1.807, 2.05) is 31.2 Å². The lowest BCUT2D eigenvalue weighted by Crippen LogP contribution is -2.06. The number of para-hydroxylation sites is 2. The van der Waals surface area contributed by atoms with Crippen LogP contribution < -0.4 is 14.8 Å². The Hall–Kier alpha value is -2.76. The molecule has 1 heterocycles. The zero-order valence-electron chi connectivity index (χ0n) is 12.9. The Morgan fingerprint density at radius 2 is 1.96 bits per heavy atom. The standard InChI is InChI=1S/C17H18N2O4/c1-12-5-2-7-14(19(20)21)16(12)18-11-13-6-3-8-15-17(13)23-10-4-9-22-15/h2-3,5-8,18H,4,9-11H2,1H3. The molecule has 0 radical (unpaired) electrons. The minimum Gasteiger partial charge on any atom is -0.490 e. The van der Waals surface area contributed by atoms with Crippen molar-refractivity contribution in [1.82, 2.24) is 0 Å². The predicted molar refractivity (Wildman–Crippen MR) is 87.2 cm³/mol. The fraction of sp³-hybridized carbons (Fsp3) is 0.294. The van der Waals surface area contributed by atoms with Gasteiger partial charge in [0, 0.05) is 24.6 Å². The fourth-order valence-electron chi connectivity index (χ4n) is 2.61. The molecular weight excluding hydrogens is 296 g/mol. The number of nitro benzene ring substituents is 1. The van der Waals surface area contributed by atoms with Gasteiger partial charge in [0.25, 0.3) is 5.69 Å². The van der Waals surface area contributed by atoms with E-state index >= 15 is 0 Å². The summed E-state index contributed by atoms with van der Waals surface area (Å²) in [6.45, 7) is 3.51. The van der Waals surface area contributed by atoms with Crippen LogP contribution in [-0.4, -0.2) is 18.1 Å². The van der Waals surface area contributed by atoms with Gasteiger partial charge in [-0.15, -0.1) is 0 Å². The van der Waals surface area contributed by atoms with E-state index in [2.05, 4.69) is 5.32 Å². The maximum atomic E-state index is 11.2. The van der Waals surface area contributed by atoms with Crippen molar-refractivity contribution in [2.45, 2.75) is 19.9 Å². The molecular formula is C17H18N2O4. The lowest BCUT2D eigenvalue weighted by Gasteiger charge is -2.14. The number of anilines is 1. The van der Waals surface area contributed by atoms with Crippen molar-refractivity contribution in [3.05, 3.63) is 57.6 Å². The van der Waals surface area contributed by atoms with Crippen molar-refractivity contribution in [3.8, 4) is 11.5 Å². The highest BCUT2D eigenvalue weighted by molar-refractivity contribution is 5.66. The number of hydrogen-bond acceptors (Lipinski definition) is 5. The topological polar surface area (TPSA) is 73.6 Å². The summed E-state index contributed by atoms with van der Waals surface area (Å²) in [5.41, 5.74) is 2.36. The van der Waals surface area contributed by atoms with E-state index in [4.69, 9.17) is 9.47 Å². The van der Waals surface area contributed by atoms with E-state index in [-0.39, 0.29) is 10.6 Å². The van der Waals surface area contributed by atoms with Gasteiger partial charge in [0.15, 0.2) is 11.5 Å². The summed E-state index contributed by atoms with van der Waals surface area (Å²) >= 11 is 0. The second kappa shape index (κ2) is 6.56. The summed E-state index contributed by atoms with van der Waals surface area (Å²) in [4.78, 5) is 10.8. The zero-order chi connectivity index (χ0) is 16.2. The molecule has 0 amide bonds. The summed E-state index contributed by atoms with van der Waals surface area (Å²) < 4.78 is 11.4. The van der Waals surface area contributed by atoms with Crippen molar-refractivity contribution >= 4 is 11.4 Å². The number of aryl methyl sites for hydroxylation is 1. The number of nitrogens with one attached hydrogen (secondary N) is 1. The van der Waals surface area contributed by atoms with Gasteiger partial charge in [-0.25, -0.2) is 0 Å². The van der Waals surface area contributed by atoms with Crippen LogP contribution in [0, 0.1) is 17.0 Å². The minimum atomic E-state index is -0.375. The normalized spacial score (nSPS) is 13.3. The monoisotopic (exact) mass is 314 g/mol. The van der Waals surface area contributed by atoms with Crippen LogP contribution in [0.2, 0.25) is 0 Å². The summed E-state index contributed by atoms with van der Waals surface area (Å²) in [5.74, 6) is 1.44. The van der Waals surface area contributed by atoms with E-state index < -0.39 is 0 Å². The molecule has 1 aliphatic heterocycles. The summed E-state index contributed by atoms with van der Waals surface area (Å²) in [6, 6.07) is 10.7. The third-order valence-corrected chi connectivity index (χ3v) is 3.76. The first-order valence-corrected chi connectivity index (χ1v) is 7.52. The molecule has 23 heavy (non-hydrogen) atoms. The Bertz CT molecular complexity index is 731. The van der Waals surface area contributed by atoms with E-state index in [9.17, 15) is 10.1 Å². The molecule has 0 saturated heterocycles. The van der Waals surface area contributed by atoms with E-state index in [1.54, 1.807) is 6.07 Å². The van der Waals surface area contributed by atoms with Crippen molar-refractivity contribution in [3.63, 3.8) is 0 Å². The second-order valence-corrected chi connectivity index (χ2v) is 5.37. The quantitative estimate of drug-likeness (QED) is 0.688. The molecule has 2 aromatic rings. The third-order valence-electron chi connectivity index (χ3n) is 3.76. The van der Waals surface area contributed by atoms with Crippen LogP contribution in [0.15, 0.2) is 36.4 Å². The average molecular weight is 314 g/mol. The molecule has 6 heteroatoms. The third kappa shape index (κ3) is 3.21. The molecule has 0 aromatic heterocycles. The molecule has 0 saturated carbocycles. The molecule has 6 nitrogen and oxygen atoms in total. The van der Waals surface area contributed by atoms with Crippen molar-refractivity contribution in [2.75, 3.05) is 18.5 Å². The maximum absolute atomic E-state index is 11.2. The molecule has 0 fully saturated rings. The molecule has 0 bridgehead atoms. The van der Waals surface area contributed by atoms with Crippen LogP contribution in [0.5, 0.6) is 11.5 Å². The van der Waals surface area contributed by atoms with Gasteiger partial charge in [0.05, 0.1) is 18.1 Å². The van der Waals surface area contributed by atoms with E-state index in [0.717, 1.165) is 23.3 Å². The van der Waals surface area contributed by atoms with Gasteiger partial charge in [0.1, 0.15) is 5.69 Å². The zero-order valence-corrected chi connectivity index (χ0v) is 12.9. The second-order valence-electron chi connectivity index (χ2n) is 5.37. The number of rotatable bonds is 4. The number of nitro groups is 1. The Morgan fingerprint density at radius 3 is 2.78 bits per heavy atom. The molecule has 2 aromatic carbocycles. The van der Waals surface area contributed by atoms with Gasteiger partial charge in [-0.1, -0.05) is 24.3 Å². The number of ether oxygens (including phenoxy) is 2. The molecule has 1 aliphatic rings. The number of benzene rings is 2. The smallest absolute Gasteiger partial charge is 0.292 e. The molecule has 0 spiro atoms. The Labute approximate surface area is 134 Å². The van der Waals surface area contributed by atoms with Crippen molar-refractivity contribution in [1.29, 1.82) is 0 Å². The summed E-state index contributed by atoms with van der Waals surface area (Å²) in [7, 11) is 0. The fourth-order valence-corrected chi connectivity index (χ4v) is 2.61. The van der Waals surface area contributed by atoms with Gasteiger partial charge in [-0.3, -0.25) is 10.1 Å². The highest BCUT2D eigenvalue weighted by atomic mass is 16.6. The van der Waals surface area contributed by atoms with Crippen LogP contribution in [0.1, 0.15) is 17.5 Å². The van der Waals surface area contributed by atoms with Gasteiger partial charge in [0.2, 0.25) is 0 Å². The van der Waals surface area contributed by atoms with Crippen LogP contribution in [0.3, 0.4) is 0 Å². The summed E-state index contributed by atoms with van der Waals surface area (Å²) in [5, 5.41) is 14.4.